The van der Waals surface area contributed by atoms with Crippen molar-refractivity contribution >= 4 is 16.9 Å². The second-order valence-electron chi connectivity index (χ2n) is 8.21. The van der Waals surface area contributed by atoms with Crippen molar-refractivity contribution in [1.29, 1.82) is 0 Å². The Morgan fingerprint density at radius 1 is 0.944 bits per heavy atom. The number of pyridine rings is 1. The minimum absolute atomic E-state index is 0. The average molecular weight is 465 g/mol. The standard InChI is InChI=1S/C26H19N5O3.2Li.2H/c32-26(33)22-20-7-3-4-8-21(20)27-23(16-9-10-16)24(22)34-17-13-11-15(12-14-17)18-5-1-2-6-19(18)25-28-30-31-29-25;;;;/h1-8,11-14,16H,9-10H2,(H,32,33)(H,28,29,30,31);;;;/q;2*+1;2*-1. The number of hydrogen-bond acceptors (Lipinski definition) is 6. The zero-order valence-electron chi connectivity index (χ0n) is 22.0. The molecule has 1 aliphatic rings. The molecule has 2 aromatic heterocycles. The van der Waals surface area contributed by atoms with E-state index >= 15 is 0 Å². The van der Waals surface area contributed by atoms with Crippen LogP contribution in [0.3, 0.4) is 0 Å². The fraction of sp³-hybridized carbons (Fsp3) is 0.115. The molecule has 8 nitrogen and oxygen atoms in total. The van der Waals surface area contributed by atoms with Gasteiger partial charge in [0.1, 0.15) is 11.3 Å². The van der Waals surface area contributed by atoms with Crippen LogP contribution in [0.25, 0.3) is 33.4 Å². The third-order valence-corrected chi connectivity index (χ3v) is 5.95. The Morgan fingerprint density at radius 2 is 1.64 bits per heavy atom. The van der Waals surface area contributed by atoms with Gasteiger partial charge in [-0.15, -0.1) is 10.2 Å². The van der Waals surface area contributed by atoms with Crippen molar-refractivity contribution < 1.29 is 55.2 Å². The quantitative estimate of drug-likeness (QED) is 0.331. The fourth-order valence-corrected chi connectivity index (χ4v) is 4.19. The number of benzene rings is 3. The minimum Gasteiger partial charge on any atom is -1.00 e. The molecule has 10 heteroatoms. The topological polar surface area (TPSA) is 114 Å². The smallest absolute Gasteiger partial charge is 1.00 e. The number of nitrogens with one attached hydrogen (secondary N) is 1. The molecule has 0 aliphatic heterocycles. The molecule has 1 aliphatic carbocycles. The summed E-state index contributed by atoms with van der Waals surface area (Å²) in [6, 6.07) is 22.6. The number of aromatic amines is 1. The van der Waals surface area contributed by atoms with Crippen molar-refractivity contribution in [2.24, 2.45) is 0 Å². The predicted octanol–water partition coefficient (Wildman–Crippen LogP) is -0.317. The number of carbonyl (C=O) groups is 1. The molecule has 0 bridgehead atoms. The van der Waals surface area contributed by atoms with E-state index in [1.54, 1.807) is 6.07 Å². The molecule has 36 heavy (non-hydrogen) atoms. The molecule has 3 aromatic carbocycles. The van der Waals surface area contributed by atoms with E-state index in [0.717, 1.165) is 29.5 Å². The summed E-state index contributed by atoms with van der Waals surface area (Å²) in [5, 5.41) is 25.0. The number of fused-ring (bicyclic) bond motifs is 1. The Kier molecular flexibility index (Phi) is 7.63. The summed E-state index contributed by atoms with van der Waals surface area (Å²) in [5.74, 6) is 0.578. The van der Waals surface area contributed by atoms with Crippen molar-refractivity contribution in [2.45, 2.75) is 18.8 Å². The fourth-order valence-electron chi connectivity index (χ4n) is 4.19. The number of nitrogens with zero attached hydrogens (tertiary/aromatic N) is 4. The van der Waals surface area contributed by atoms with Gasteiger partial charge < -0.3 is 12.7 Å². The van der Waals surface area contributed by atoms with Gasteiger partial charge in [-0.3, -0.25) is 0 Å². The number of ether oxygens (including phenoxy) is 1. The van der Waals surface area contributed by atoms with Crippen molar-refractivity contribution in [1.82, 2.24) is 25.6 Å². The minimum atomic E-state index is -1.03. The summed E-state index contributed by atoms with van der Waals surface area (Å²) in [4.78, 5) is 17.1. The van der Waals surface area contributed by atoms with Crippen molar-refractivity contribution in [3.8, 4) is 34.0 Å². The van der Waals surface area contributed by atoms with Crippen molar-refractivity contribution in [2.75, 3.05) is 0 Å². The molecule has 0 atom stereocenters. The normalized spacial score (nSPS) is 12.4. The molecular weight excluding hydrogens is 444 g/mol. The summed E-state index contributed by atoms with van der Waals surface area (Å²) < 4.78 is 6.22. The molecular formula is C26H21Li2N5O3. The van der Waals surface area contributed by atoms with Gasteiger partial charge >= 0.3 is 43.7 Å². The van der Waals surface area contributed by atoms with Crippen LogP contribution in [0.15, 0.2) is 72.8 Å². The van der Waals surface area contributed by atoms with Crippen LogP contribution in [-0.2, 0) is 0 Å². The van der Waals surface area contributed by atoms with E-state index in [1.807, 2.05) is 66.7 Å². The van der Waals surface area contributed by atoms with Crippen molar-refractivity contribution in [3.63, 3.8) is 0 Å². The monoisotopic (exact) mass is 465 g/mol. The van der Waals surface area contributed by atoms with Crippen LogP contribution >= 0.6 is 0 Å². The number of aromatic nitrogens is 5. The number of carboxylic acid groups (broad SMARTS) is 1. The Hall–Kier alpha value is -3.40. The first kappa shape index (κ1) is 25.7. The molecule has 0 amide bonds. The van der Waals surface area contributed by atoms with E-state index in [-0.39, 0.29) is 52.1 Å². The van der Waals surface area contributed by atoms with Gasteiger partial charge in [-0.25, -0.2) is 9.78 Å². The molecule has 6 rings (SSSR count). The van der Waals surface area contributed by atoms with Crippen LogP contribution in [0.5, 0.6) is 11.5 Å². The molecule has 0 unspecified atom stereocenters. The molecule has 5 aromatic rings. The number of tetrazole rings is 1. The third-order valence-electron chi connectivity index (χ3n) is 5.95. The largest absolute Gasteiger partial charge is 1.00 e. The summed E-state index contributed by atoms with van der Waals surface area (Å²) in [6.07, 6.45) is 1.96. The first-order chi connectivity index (χ1) is 16.7. The molecule has 0 radical (unpaired) electrons. The van der Waals surface area contributed by atoms with E-state index < -0.39 is 5.97 Å². The van der Waals surface area contributed by atoms with Gasteiger partial charge in [0.05, 0.1) is 11.2 Å². The van der Waals surface area contributed by atoms with Gasteiger partial charge in [0.25, 0.3) is 0 Å². The maximum atomic E-state index is 12.3. The Balaban J connectivity index is 0.00000127. The summed E-state index contributed by atoms with van der Waals surface area (Å²) >= 11 is 0. The number of rotatable bonds is 6. The van der Waals surface area contributed by atoms with Gasteiger partial charge in [0, 0.05) is 16.9 Å². The van der Waals surface area contributed by atoms with Gasteiger partial charge in [0.15, 0.2) is 5.75 Å². The second kappa shape index (κ2) is 10.7. The Labute approximate surface area is 233 Å². The van der Waals surface area contributed by atoms with Crippen LogP contribution < -0.4 is 42.5 Å². The first-order valence-corrected chi connectivity index (χ1v) is 11.0. The van der Waals surface area contributed by atoms with Crippen LogP contribution in [0.1, 0.15) is 37.7 Å². The molecule has 0 spiro atoms. The SMILES string of the molecule is O=C(O)c1c(Oc2ccc(-c3ccccc3-c3nn[nH]n3)cc2)c(C2CC2)nc2ccccc12.[H-].[H-].[Li+].[Li+]. The first-order valence-electron chi connectivity index (χ1n) is 11.0. The Morgan fingerprint density at radius 3 is 2.31 bits per heavy atom. The van der Waals surface area contributed by atoms with Crippen LogP contribution in [-0.4, -0.2) is 36.7 Å². The maximum absolute atomic E-state index is 12.3. The van der Waals surface area contributed by atoms with Crippen LogP contribution in [0, 0.1) is 0 Å². The number of aromatic carboxylic acids is 1. The van der Waals surface area contributed by atoms with E-state index in [2.05, 4.69) is 20.6 Å². The molecule has 1 fully saturated rings. The number of carboxylic acids is 1. The summed E-state index contributed by atoms with van der Waals surface area (Å²) in [7, 11) is 0. The third kappa shape index (κ3) is 4.82. The van der Waals surface area contributed by atoms with Gasteiger partial charge in [-0.2, -0.15) is 5.21 Å². The zero-order chi connectivity index (χ0) is 23.1. The van der Waals surface area contributed by atoms with E-state index in [9.17, 15) is 9.90 Å². The van der Waals surface area contributed by atoms with Crippen LogP contribution in [0.2, 0.25) is 0 Å². The molecule has 1 saturated carbocycles. The summed E-state index contributed by atoms with van der Waals surface area (Å²) in [6.45, 7) is 0. The van der Waals surface area contributed by atoms with Gasteiger partial charge in [-0.05, 0) is 47.4 Å². The number of H-pyrrole nitrogens is 1. The van der Waals surface area contributed by atoms with Gasteiger partial charge in [-0.1, -0.05) is 54.6 Å². The molecule has 2 N–H and O–H groups in total. The van der Waals surface area contributed by atoms with E-state index in [4.69, 9.17) is 9.72 Å². The van der Waals surface area contributed by atoms with Crippen molar-refractivity contribution in [3.05, 3.63) is 84.1 Å². The number of para-hydroxylation sites is 1. The second-order valence-corrected chi connectivity index (χ2v) is 8.21. The zero-order valence-corrected chi connectivity index (χ0v) is 20.0. The van der Waals surface area contributed by atoms with Gasteiger partial charge in [0.2, 0.25) is 5.82 Å². The number of hydrogen-bond donors (Lipinski definition) is 2. The predicted molar refractivity (Wildman–Crippen MR) is 128 cm³/mol. The van der Waals surface area contributed by atoms with E-state index in [0.29, 0.717) is 33.9 Å². The average Bonchev–Trinajstić information content (AvgIpc) is 3.57. The molecule has 2 heterocycles. The summed E-state index contributed by atoms with van der Waals surface area (Å²) in [5.41, 5.74) is 4.29. The molecule has 170 valence electrons. The maximum Gasteiger partial charge on any atom is 1.00 e. The van der Waals surface area contributed by atoms with E-state index in [1.165, 1.54) is 0 Å². The Bertz CT molecular complexity index is 1530. The van der Waals surface area contributed by atoms with Crippen LogP contribution in [0.4, 0.5) is 0 Å². The molecule has 0 saturated heterocycles.